The van der Waals surface area contributed by atoms with Crippen LogP contribution in [0, 0.1) is 11.6 Å². The molecule has 3 rings (SSSR count). The van der Waals surface area contributed by atoms with Crippen LogP contribution in [0.15, 0.2) is 45.5 Å². The van der Waals surface area contributed by atoms with Gasteiger partial charge in [0, 0.05) is 5.56 Å². The molecule has 0 saturated heterocycles. The van der Waals surface area contributed by atoms with Crippen molar-refractivity contribution >= 4 is 0 Å². The molecule has 0 saturated carbocycles. The smallest absolute Gasteiger partial charge is 0.173 e. The highest BCUT2D eigenvalue weighted by molar-refractivity contribution is 5.70. The average molecular weight is 277 g/mol. The maximum Gasteiger partial charge on any atom is 0.173 e. The number of aliphatic hydroxyl groups is 1. The minimum Gasteiger partial charge on any atom is -0.463 e. The first kappa shape index (κ1) is 12.6. The van der Waals surface area contributed by atoms with Gasteiger partial charge in [0.05, 0.1) is 18.4 Å². The van der Waals surface area contributed by atoms with Gasteiger partial charge in [0.2, 0.25) is 0 Å². The summed E-state index contributed by atoms with van der Waals surface area (Å²) in [5.41, 5.74) is 0.974. The number of hydrogen-bond donors (Lipinski definition) is 1. The molecule has 20 heavy (non-hydrogen) atoms. The van der Waals surface area contributed by atoms with Gasteiger partial charge in [0.25, 0.3) is 0 Å². The molecular formula is C14H9F2NO3. The Labute approximate surface area is 112 Å². The molecule has 0 radical (unpaired) electrons. The Bertz CT molecular complexity index is 735. The van der Waals surface area contributed by atoms with Crippen molar-refractivity contribution in [2.45, 2.75) is 6.61 Å². The minimum absolute atomic E-state index is 0.179. The second-order valence-corrected chi connectivity index (χ2v) is 4.10. The van der Waals surface area contributed by atoms with Crippen molar-refractivity contribution in [1.29, 1.82) is 0 Å². The number of benzene rings is 1. The highest BCUT2D eigenvalue weighted by Gasteiger charge is 2.20. The molecule has 0 spiro atoms. The van der Waals surface area contributed by atoms with Gasteiger partial charge in [0.1, 0.15) is 0 Å². The molecule has 0 bridgehead atoms. The maximum atomic E-state index is 13.3. The number of nitrogens with zero attached hydrogens (tertiary/aromatic N) is 1. The molecule has 0 fully saturated rings. The van der Waals surface area contributed by atoms with E-state index in [0.29, 0.717) is 22.6 Å². The van der Waals surface area contributed by atoms with Crippen molar-refractivity contribution in [3.05, 3.63) is 53.8 Å². The van der Waals surface area contributed by atoms with Crippen LogP contribution in [0.25, 0.3) is 22.8 Å². The Hall–Kier alpha value is -2.47. The molecule has 2 heterocycles. The Morgan fingerprint density at radius 1 is 1.15 bits per heavy atom. The van der Waals surface area contributed by atoms with Gasteiger partial charge in [-0.15, -0.1) is 0 Å². The van der Waals surface area contributed by atoms with Crippen LogP contribution in [0.5, 0.6) is 0 Å². The summed E-state index contributed by atoms with van der Waals surface area (Å²) in [5.74, 6) is -1.35. The van der Waals surface area contributed by atoms with Crippen LogP contribution in [0.2, 0.25) is 0 Å². The largest absolute Gasteiger partial charge is 0.463 e. The van der Waals surface area contributed by atoms with E-state index in [4.69, 9.17) is 8.94 Å². The molecule has 0 aliphatic heterocycles. The number of halogens is 2. The van der Waals surface area contributed by atoms with E-state index in [1.807, 2.05) is 0 Å². The summed E-state index contributed by atoms with van der Waals surface area (Å²) >= 11 is 0. The molecule has 6 heteroatoms. The summed E-state index contributed by atoms with van der Waals surface area (Å²) in [5, 5.41) is 13.3. The summed E-state index contributed by atoms with van der Waals surface area (Å²) in [6.07, 6.45) is 1.46. The van der Waals surface area contributed by atoms with Gasteiger partial charge in [-0.05, 0) is 30.3 Å². The van der Waals surface area contributed by atoms with Gasteiger partial charge in [0.15, 0.2) is 28.8 Å². The zero-order chi connectivity index (χ0) is 14.1. The van der Waals surface area contributed by atoms with E-state index in [0.717, 1.165) is 12.1 Å². The van der Waals surface area contributed by atoms with Crippen molar-refractivity contribution in [1.82, 2.24) is 5.16 Å². The van der Waals surface area contributed by atoms with Crippen LogP contribution in [-0.2, 0) is 6.61 Å². The molecule has 0 aliphatic carbocycles. The quantitative estimate of drug-likeness (QED) is 0.797. The topological polar surface area (TPSA) is 59.4 Å². The van der Waals surface area contributed by atoms with Crippen molar-refractivity contribution in [3.63, 3.8) is 0 Å². The highest BCUT2D eigenvalue weighted by atomic mass is 19.2. The van der Waals surface area contributed by atoms with Crippen LogP contribution in [0.3, 0.4) is 0 Å². The van der Waals surface area contributed by atoms with E-state index in [9.17, 15) is 13.9 Å². The number of hydrogen-bond acceptors (Lipinski definition) is 4. The molecule has 0 aliphatic rings. The van der Waals surface area contributed by atoms with E-state index in [1.54, 1.807) is 12.1 Å². The lowest BCUT2D eigenvalue weighted by Crippen LogP contribution is -1.90. The van der Waals surface area contributed by atoms with Gasteiger partial charge in [-0.1, -0.05) is 5.16 Å². The first-order valence-corrected chi connectivity index (χ1v) is 5.79. The molecule has 0 unspecified atom stereocenters. The van der Waals surface area contributed by atoms with Gasteiger partial charge >= 0.3 is 0 Å². The fourth-order valence-electron chi connectivity index (χ4n) is 1.93. The summed E-state index contributed by atoms with van der Waals surface area (Å²) in [4.78, 5) is 0. The fraction of sp³-hybridized carbons (Fsp3) is 0.0714. The van der Waals surface area contributed by atoms with E-state index in [-0.39, 0.29) is 12.4 Å². The summed E-state index contributed by atoms with van der Waals surface area (Å²) in [7, 11) is 0. The predicted octanol–water partition coefficient (Wildman–Crippen LogP) is 3.37. The lowest BCUT2D eigenvalue weighted by atomic mass is 10.1. The summed E-state index contributed by atoms with van der Waals surface area (Å²) in [6, 6.07) is 6.65. The van der Waals surface area contributed by atoms with Crippen LogP contribution in [0.4, 0.5) is 8.78 Å². The standard InChI is InChI=1S/C14H9F2NO3/c15-10-4-3-8(6-11(10)16)14-9(7-18)13(17-20-14)12-2-1-5-19-12/h1-6,18H,7H2. The molecule has 102 valence electrons. The molecule has 3 aromatic rings. The molecule has 1 aromatic carbocycles. The third-order valence-corrected chi connectivity index (χ3v) is 2.88. The number of rotatable bonds is 3. The van der Waals surface area contributed by atoms with Crippen LogP contribution < -0.4 is 0 Å². The molecule has 0 atom stereocenters. The van der Waals surface area contributed by atoms with Crippen molar-refractivity contribution in [3.8, 4) is 22.8 Å². The van der Waals surface area contributed by atoms with Gasteiger partial charge in [-0.25, -0.2) is 8.78 Å². The van der Waals surface area contributed by atoms with Crippen LogP contribution in [0.1, 0.15) is 5.56 Å². The third kappa shape index (κ3) is 2.00. The average Bonchev–Trinajstić information content (AvgIpc) is 3.09. The zero-order valence-corrected chi connectivity index (χ0v) is 10.1. The highest BCUT2D eigenvalue weighted by Crippen LogP contribution is 2.33. The Kier molecular flexibility index (Phi) is 3.08. The first-order valence-electron chi connectivity index (χ1n) is 5.79. The monoisotopic (exact) mass is 277 g/mol. The zero-order valence-electron chi connectivity index (χ0n) is 10.1. The molecular weight excluding hydrogens is 268 g/mol. The maximum absolute atomic E-state index is 13.3. The number of aliphatic hydroxyl groups excluding tert-OH is 1. The first-order chi connectivity index (χ1) is 9.70. The van der Waals surface area contributed by atoms with E-state index in [2.05, 4.69) is 5.16 Å². The predicted molar refractivity (Wildman–Crippen MR) is 65.5 cm³/mol. The van der Waals surface area contributed by atoms with Crippen LogP contribution >= 0.6 is 0 Å². The molecule has 4 nitrogen and oxygen atoms in total. The minimum atomic E-state index is -0.998. The third-order valence-electron chi connectivity index (χ3n) is 2.88. The second kappa shape index (κ2) is 4.90. The van der Waals surface area contributed by atoms with Crippen molar-refractivity contribution in [2.24, 2.45) is 0 Å². The van der Waals surface area contributed by atoms with Gasteiger partial charge < -0.3 is 14.0 Å². The fourth-order valence-corrected chi connectivity index (χ4v) is 1.93. The van der Waals surface area contributed by atoms with Crippen LogP contribution in [-0.4, -0.2) is 10.3 Å². The number of furan rings is 1. The van der Waals surface area contributed by atoms with Gasteiger partial charge in [-0.2, -0.15) is 0 Å². The van der Waals surface area contributed by atoms with E-state index in [1.165, 1.54) is 12.3 Å². The van der Waals surface area contributed by atoms with Gasteiger partial charge in [-0.3, -0.25) is 0 Å². The van der Waals surface area contributed by atoms with Crippen molar-refractivity contribution in [2.75, 3.05) is 0 Å². The SMILES string of the molecule is OCc1c(-c2ccco2)noc1-c1ccc(F)c(F)c1. The lowest BCUT2D eigenvalue weighted by Gasteiger charge is -2.00. The Balaban J connectivity index is 2.13. The van der Waals surface area contributed by atoms with Crippen molar-refractivity contribution < 1.29 is 22.8 Å². The Morgan fingerprint density at radius 3 is 2.65 bits per heavy atom. The summed E-state index contributed by atoms with van der Waals surface area (Å²) in [6.45, 7) is -0.367. The molecule has 0 amide bonds. The lowest BCUT2D eigenvalue weighted by molar-refractivity contribution is 0.281. The summed E-state index contributed by atoms with van der Waals surface area (Å²) < 4.78 is 36.5. The Morgan fingerprint density at radius 2 is 2.00 bits per heavy atom. The normalized spacial score (nSPS) is 10.9. The van der Waals surface area contributed by atoms with E-state index >= 15 is 0 Å². The van der Waals surface area contributed by atoms with E-state index < -0.39 is 11.6 Å². The second-order valence-electron chi connectivity index (χ2n) is 4.10. The number of aromatic nitrogens is 1. The molecule has 1 N–H and O–H groups in total. The molecule has 2 aromatic heterocycles.